The van der Waals surface area contributed by atoms with Gasteiger partial charge in [-0.2, -0.15) is 0 Å². The topological polar surface area (TPSA) is 59.0 Å². The number of hydrogen-bond acceptors (Lipinski definition) is 3. The third-order valence-electron chi connectivity index (χ3n) is 2.22. The van der Waals surface area contributed by atoms with Gasteiger partial charge >= 0.3 is 0 Å². The van der Waals surface area contributed by atoms with Crippen LogP contribution in [0.15, 0.2) is 18.7 Å². The number of nitrogens with zero attached hydrogens (tertiary/aromatic N) is 2. The van der Waals surface area contributed by atoms with Crippen LogP contribution in [0.4, 0.5) is 0 Å². The van der Waals surface area contributed by atoms with E-state index in [2.05, 4.69) is 15.6 Å². The molecule has 0 spiro atoms. The highest BCUT2D eigenvalue weighted by Crippen LogP contribution is 1.93. The normalized spacial score (nSPS) is 14.6. The predicted octanol–water partition coefficient (Wildman–Crippen LogP) is -0.00430. The molecule has 15 heavy (non-hydrogen) atoms. The van der Waals surface area contributed by atoms with Crippen molar-refractivity contribution in [3.05, 3.63) is 18.7 Å². The fourth-order valence-corrected chi connectivity index (χ4v) is 1.48. The first-order valence-electron chi connectivity index (χ1n) is 5.07. The largest absolute Gasteiger partial charge is 0.358 e. The fourth-order valence-electron chi connectivity index (χ4n) is 1.48. The van der Waals surface area contributed by atoms with Crippen LogP contribution in [0.2, 0.25) is 0 Å². The molecule has 1 aromatic heterocycles. The highest BCUT2D eigenvalue weighted by Gasteiger charge is 2.13. The number of imidazole rings is 1. The van der Waals surface area contributed by atoms with E-state index in [1.54, 1.807) is 19.6 Å². The molecule has 1 aromatic rings. The number of hydrogen-bond donors (Lipinski definition) is 2. The lowest BCUT2D eigenvalue weighted by atomic mass is 10.2. The maximum Gasteiger partial charge on any atom is 0.236 e. The van der Waals surface area contributed by atoms with Crippen LogP contribution in [-0.2, 0) is 11.3 Å². The van der Waals surface area contributed by atoms with Crippen LogP contribution in [0.3, 0.4) is 0 Å². The van der Waals surface area contributed by atoms with Gasteiger partial charge in [-0.05, 0) is 13.8 Å². The van der Waals surface area contributed by atoms with E-state index >= 15 is 0 Å². The zero-order valence-corrected chi connectivity index (χ0v) is 9.40. The summed E-state index contributed by atoms with van der Waals surface area (Å²) in [4.78, 5) is 15.2. The van der Waals surface area contributed by atoms with Crippen molar-refractivity contribution in [3.8, 4) is 0 Å². The third-order valence-corrected chi connectivity index (χ3v) is 2.22. The summed E-state index contributed by atoms with van der Waals surface area (Å²) in [6, 6.07) is 0.0556. The van der Waals surface area contributed by atoms with Crippen LogP contribution < -0.4 is 10.6 Å². The molecule has 5 nitrogen and oxygen atoms in total. The van der Waals surface area contributed by atoms with Crippen molar-refractivity contribution >= 4 is 5.91 Å². The minimum atomic E-state index is -0.173. The van der Waals surface area contributed by atoms with Gasteiger partial charge in [0, 0.05) is 32.0 Å². The van der Waals surface area contributed by atoms with Crippen LogP contribution in [0.1, 0.15) is 13.8 Å². The Morgan fingerprint density at radius 2 is 2.27 bits per heavy atom. The van der Waals surface area contributed by atoms with E-state index in [1.807, 2.05) is 24.6 Å². The van der Waals surface area contributed by atoms with E-state index in [0.29, 0.717) is 0 Å². The van der Waals surface area contributed by atoms with Crippen LogP contribution in [0.25, 0.3) is 0 Å². The molecule has 2 atom stereocenters. The number of rotatable bonds is 5. The molecule has 2 unspecified atom stereocenters. The Hall–Kier alpha value is -1.36. The van der Waals surface area contributed by atoms with Gasteiger partial charge in [0.1, 0.15) is 0 Å². The maximum atomic E-state index is 11.3. The lowest BCUT2D eigenvalue weighted by molar-refractivity contribution is -0.122. The molecule has 0 saturated heterocycles. The summed E-state index contributed by atoms with van der Waals surface area (Å²) >= 11 is 0. The molecule has 2 N–H and O–H groups in total. The van der Waals surface area contributed by atoms with Crippen LogP contribution in [0, 0.1) is 0 Å². The molecular formula is C10H18N4O. The minimum Gasteiger partial charge on any atom is -0.358 e. The van der Waals surface area contributed by atoms with Crippen molar-refractivity contribution in [3.63, 3.8) is 0 Å². The summed E-state index contributed by atoms with van der Waals surface area (Å²) in [5.41, 5.74) is 0. The average molecular weight is 210 g/mol. The summed E-state index contributed by atoms with van der Waals surface area (Å²) in [6.07, 6.45) is 5.42. The minimum absolute atomic E-state index is 0.00693. The molecule has 0 saturated carbocycles. The van der Waals surface area contributed by atoms with E-state index in [1.165, 1.54) is 0 Å². The van der Waals surface area contributed by atoms with E-state index in [-0.39, 0.29) is 18.0 Å². The highest BCUT2D eigenvalue weighted by molar-refractivity contribution is 5.80. The van der Waals surface area contributed by atoms with Gasteiger partial charge in [-0.15, -0.1) is 0 Å². The first kappa shape index (κ1) is 11.7. The monoisotopic (exact) mass is 210 g/mol. The number of carbonyl (C=O) groups excluding carboxylic acids is 1. The number of aromatic nitrogens is 2. The quantitative estimate of drug-likeness (QED) is 0.719. The molecule has 0 fully saturated rings. The zero-order valence-electron chi connectivity index (χ0n) is 9.40. The molecule has 0 aromatic carbocycles. The van der Waals surface area contributed by atoms with Crippen molar-refractivity contribution in [2.75, 3.05) is 7.05 Å². The van der Waals surface area contributed by atoms with E-state index < -0.39 is 0 Å². The number of likely N-dealkylation sites (N-methyl/N-ethyl adjacent to an activating group) is 1. The second-order valence-corrected chi connectivity index (χ2v) is 3.66. The Morgan fingerprint density at radius 3 is 2.80 bits per heavy atom. The van der Waals surface area contributed by atoms with Crippen LogP contribution in [0.5, 0.6) is 0 Å². The van der Waals surface area contributed by atoms with Crippen molar-refractivity contribution in [1.82, 2.24) is 20.2 Å². The van der Waals surface area contributed by atoms with E-state index in [9.17, 15) is 4.79 Å². The molecule has 1 amide bonds. The van der Waals surface area contributed by atoms with Gasteiger partial charge in [0.15, 0.2) is 0 Å². The molecular weight excluding hydrogens is 192 g/mol. The molecule has 1 rings (SSSR count). The van der Waals surface area contributed by atoms with Gasteiger partial charge in [-0.25, -0.2) is 4.98 Å². The summed E-state index contributed by atoms with van der Waals surface area (Å²) in [5.74, 6) is 0.00693. The lowest BCUT2D eigenvalue weighted by Crippen LogP contribution is -2.45. The Balaban J connectivity index is 2.35. The summed E-state index contributed by atoms with van der Waals surface area (Å²) in [5, 5.41) is 5.82. The molecule has 0 aliphatic rings. The van der Waals surface area contributed by atoms with Gasteiger partial charge in [-0.1, -0.05) is 0 Å². The second kappa shape index (κ2) is 5.50. The van der Waals surface area contributed by atoms with Gasteiger partial charge in [0.25, 0.3) is 0 Å². The number of amides is 1. The molecule has 0 bridgehead atoms. The first-order valence-corrected chi connectivity index (χ1v) is 5.07. The molecule has 5 heteroatoms. The molecule has 0 radical (unpaired) electrons. The van der Waals surface area contributed by atoms with Crippen LogP contribution in [-0.4, -0.2) is 34.6 Å². The predicted molar refractivity (Wildman–Crippen MR) is 58.4 cm³/mol. The third kappa shape index (κ3) is 3.71. The Bertz CT molecular complexity index is 296. The lowest BCUT2D eigenvalue weighted by Gasteiger charge is -2.19. The summed E-state index contributed by atoms with van der Waals surface area (Å²) in [7, 11) is 1.64. The Kier molecular flexibility index (Phi) is 4.30. The number of carbonyl (C=O) groups is 1. The molecule has 0 aliphatic heterocycles. The maximum absolute atomic E-state index is 11.3. The summed E-state index contributed by atoms with van der Waals surface area (Å²) in [6.45, 7) is 4.70. The van der Waals surface area contributed by atoms with Gasteiger partial charge < -0.3 is 15.2 Å². The van der Waals surface area contributed by atoms with Gasteiger partial charge in [0.2, 0.25) is 5.91 Å². The van der Waals surface area contributed by atoms with E-state index in [4.69, 9.17) is 0 Å². The zero-order chi connectivity index (χ0) is 11.3. The highest BCUT2D eigenvalue weighted by atomic mass is 16.2. The SMILES string of the molecule is CNC(=O)C(C)NC(C)Cn1ccnc1. The average Bonchev–Trinajstić information content (AvgIpc) is 2.68. The standard InChI is InChI=1S/C10H18N4O/c1-8(6-14-5-4-12-7-14)13-9(2)10(15)11-3/h4-5,7-9,13H,6H2,1-3H3,(H,11,15). The Labute approximate surface area is 89.9 Å². The van der Waals surface area contributed by atoms with Crippen molar-refractivity contribution in [1.29, 1.82) is 0 Å². The molecule has 84 valence electrons. The van der Waals surface area contributed by atoms with Crippen molar-refractivity contribution < 1.29 is 4.79 Å². The van der Waals surface area contributed by atoms with Crippen molar-refractivity contribution in [2.45, 2.75) is 32.5 Å². The van der Waals surface area contributed by atoms with Crippen LogP contribution >= 0.6 is 0 Å². The summed E-state index contributed by atoms with van der Waals surface area (Å²) < 4.78 is 1.98. The van der Waals surface area contributed by atoms with Gasteiger partial charge in [0.05, 0.1) is 12.4 Å². The Morgan fingerprint density at radius 1 is 1.53 bits per heavy atom. The second-order valence-electron chi connectivity index (χ2n) is 3.66. The van der Waals surface area contributed by atoms with E-state index in [0.717, 1.165) is 6.54 Å². The van der Waals surface area contributed by atoms with Crippen molar-refractivity contribution in [2.24, 2.45) is 0 Å². The molecule has 0 aliphatic carbocycles. The smallest absolute Gasteiger partial charge is 0.236 e. The fraction of sp³-hybridized carbons (Fsp3) is 0.600. The van der Waals surface area contributed by atoms with Gasteiger partial charge in [-0.3, -0.25) is 4.79 Å². The number of nitrogens with one attached hydrogen (secondary N) is 2. The molecule has 1 heterocycles. The first-order chi connectivity index (χ1) is 7.13.